The number of rotatable bonds is 6. The summed E-state index contributed by atoms with van der Waals surface area (Å²) >= 11 is 0. The van der Waals surface area contributed by atoms with Gasteiger partial charge in [0, 0.05) is 5.54 Å². The monoisotopic (exact) mass is 372 g/mol. The molecule has 0 aliphatic rings. The molecule has 1 rings (SSSR count). The van der Waals surface area contributed by atoms with Crippen molar-refractivity contribution in [2.45, 2.75) is 59.5 Å². The number of hydrogen-bond donors (Lipinski definition) is 1. The van der Waals surface area contributed by atoms with Crippen molar-refractivity contribution in [3.05, 3.63) is 30.1 Å². The molecule has 1 aromatic carbocycles. The smallest absolute Gasteiger partial charge is 0.244 e. The fourth-order valence-electron chi connectivity index (χ4n) is 3.20. The van der Waals surface area contributed by atoms with E-state index < -0.39 is 33.3 Å². The van der Waals surface area contributed by atoms with E-state index in [2.05, 4.69) is 26.1 Å². The Morgan fingerprint density at radius 3 is 2.04 bits per heavy atom. The second-order valence-corrected chi connectivity index (χ2v) is 10.2. The first-order chi connectivity index (χ1) is 11.1. The molecule has 142 valence electrons. The fraction of sp³-hybridized carbons (Fsp3) is 0.611. The molecule has 7 heteroatoms. The molecule has 1 aromatic rings. The normalized spacial score (nSPS) is 14.1. The molecule has 0 radical (unpaired) electrons. The highest BCUT2D eigenvalue weighted by Crippen LogP contribution is 2.27. The lowest BCUT2D eigenvalue weighted by molar-refractivity contribution is -0.123. The van der Waals surface area contributed by atoms with Crippen molar-refractivity contribution >= 4 is 21.6 Å². The van der Waals surface area contributed by atoms with Crippen molar-refractivity contribution in [3.8, 4) is 0 Å². The summed E-state index contributed by atoms with van der Waals surface area (Å²) in [7, 11) is -3.72. The summed E-state index contributed by atoms with van der Waals surface area (Å²) in [5.41, 5.74) is -0.233. The van der Waals surface area contributed by atoms with E-state index in [0.717, 1.165) is 17.0 Å². The Morgan fingerprint density at radius 1 is 1.16 bits per heavy atom. The van der Waals surface area contributed by atoms with Crippen LogP contribution in [0.2, 0.25) is 0 Å². The predicted octanol–water partition coefficient (Wildman–Crippen LogP) is 3.31. The zero-order valence-electron chi connectivity index (χ0n) is 16.1. The van der Waals surface area contributed by atoms with Crippen LogP contribution in [-0.4, -0.2) is 32.2 Å². The second-order valence-electron chi connectivity index (χ2n) is 8.32. The van der Waals surface area contributed by atoms with E-state index in [-0.39, 0.29) is 11.1 Å². The number of carbonyl (C=O) groups is 1. The second kappa shape index (κ2) is 7.32. The molecule has 5 nitrogen and oxygen atoms in total. The van der Waals surface area contributed by atoms with Crippen LogP contribution in [-0.2, 0) is 14.8 Å². The molecule has 1 atom stereocenters. The minimum Gasteiger partial charge on any atom is -0.349 e. The Kier molecular flexibility index (Phi) is 6.27. The first-order valence-electron chi connectivity index (χ1n) is 8.19. The zero-order valence-corrected chi connectivity index (χ0v) is 16.9. The van der Waals surface area contributed by atoms with Gasteiger partial charge >= 0.3 is 0 Å². The Bertz CT molecular complexity index is 707. The first kappa shape index (κ1) is 21.4. The molecule has 0 fully saturated rings. The summed E-state index contributed by atoms with van der Waals surface area (Å²) in [6.45, 7) is 11.6. The molecule has 25 heavy (non-hydrogen) atoms. The molecule has 0 saturated carbocycles. The van der Waals surface area contributed by atoms with E-state index in [1.807, 2.05) is 13.8 Å². The largest absolute Gasteiger partial charge is 0.349 e. The van der Waals surface area contributed by atoms with Crippen LogP contribution in [0.1, 0.15) is 48.0 Å². The molecular weight excluding hydrogens is 343 g/mol. The molecule has 0 unspecified atom stereocenters. The Balaban J connectivity index is 3.08. The van der Waals surface area contributed by atoms with Crippen molar-refractivity contribution < 1.29 is 17.6 Å². The van der Waals surface area contributed by atoms with Gasteiger partial charge in [-0.25, -0.2) is 12.8 Å². The van der Waals surface area contributed by atoms with Crippen molar-refractivity contribution in [1.29, 1.82) is 0 Å². The van der Waals surface area contributed by atoms with Gasteiger partial charge in [-0.2, -0.15) is 0 Å². The summed E-state index contributed by atoms with van der Waals surface area (Å²) in [6, 6.07) is 4.07. The molecule has 0 heterocycles. The van der Waals surface area contributed by atoms with E-state index in [1.165, 1.54) is 31.2 Å². The third-order valence-corrected chi connectivity index (χ3v) is 4.85. The number of halogens is 1. The van der Waals surface area contributed by atoms with Gasteiger partial charge in [0.25, 0.3) is 0 Å². The minimum atomic E-state index is -3.72. The van der Waals surface area contributed by atoms with Crippen LogP contribution in [0.4, 0.5) is 10.1 Å². The highest BCUT2D eigenvalue weighted by molar-refractivity contribution is 7.92. The predicted molar refractivity (Wildman–Crippen MR) is 99.5 cm³/mol. The van der Waals surface area contributed by atoms with Gasteiger partial charge in [0.2, 0.25) is 15.9 Å². The van der Waals surface area contributed by atoms with Crippen LogP contribution in [0, 0.1) is 11.2 Å². The molecule has 1 amide bonds. The summed E-state index contributed by atoms with van der Waals surface area (Å²) in [5, 5.41) is 2.93. The van der Waals surface area contributed by atoms with Gasteiger partial charge < -0.3 is 5.32 Å². The lowest BCUT2D eigenvalue weighted by Gasteiger charge is -2.36. The third-order valence-electron chi connectivity index (χ3n) is 3.60. The molecule has 1 N–H and O–H groups in total. The quantitative estimate of drug-likeness (QED) is 0.833. The third kappa shape index (κ3) is 6.65. The number of anilines is 1. The van der Waals surface area contributed by atoms with Gasteiger partial charge in [-0.15, -0.1) is 0 Å². The van der Waals surface area contributed by atoms with Crippen molar-refractivity contribution in [2.24, 2.45) is 5.41 Å². The number of nitrogens with one attached hydrogen (secondary N) is 1. The van der Waals surface area contributed by atoms with Crippen LogP contribution in [0.3, 0.4) is 0 Å². The van der Waals surface area contributed by atoms with Crippen LogP contribution >= 0.6 is 0 Å². The van der Waals surface area contributed by atoms with Crippen LogP contribution in [0.5, 0.6) is 0 Å². The average molecular weight is 373 g/mol. The summed E-state index contributed by atoms with van der Waals surface area (Å²) in [5.74, 6) is -0.871. The SMILES string of the molecule is C[C@@H](C(=O)NC(C)(C)CC(C)(C)C)N(c1ccc(F)cc1)S(C)(=O)=O. The summed E-state index contributed by atoms with van der Waals surface area (Å²) in [6.07, 6.45) is 1.76. The maximum Gasteiger partial charge on any atom is 0.244 e. The fourth-order valence-corrected chi connectivity index (χ4v) is 4.38. The summed E-state index contributed by atoms with van der Waals surface area (Å²) in [4.78, 5) is 12.7. The van der Waals surface area contributed by atoms with Crippen molar-refractivity contribution in [1.82, 2.24) is 5.32 Å². The lowest BCUT2D eigenvalue weighted by atomic mass is 9.81. The first-order valence-corrected chi connectivity index (χ1v) is 10.0. The topological polar surface area (TPSA) is 66.5 Å². The van der Waals surface area contributed by atoms with E-state index in [1.54, 1.807) is 0 Å². The number of sulfonamides is 1. The highest BCUT2D eigenvalue weighted by Gasteiger charge is 2.33. The molecule has 0 bridgehead atoms. The zero-order chi connectivity index (χ0) is 19.6. The number of nitrogens with zero attached hydrogens (tertiary/aromatic N) is 1. The molecule has 0 aliphatic carbocycles. The molecule has 0 aliphatic heterocycles. The molecule has 0 saturated heterocycles. The number of carbonyl (C=O) groups excluding carboxylic acids is 1. The van der Waals surface area contributed by atoms with Crippen molar-refractivity contribution in [2.75, 3.05) is 10.6 Å². The van der Waals surface area contributed by atoms with Crippen LogP contribution in [0.15, 0.2) is 24.3 Å². The van der Waals surface area contributed by atoms with Gasteiger partial charge in [0.15, 0.2) is 0 Å². The van der Waals surface area contributed by atoms with Crippen LogP contribution in [0.25, 0.3) is 0 Å². The molecule has 0 aromatic heterocycles. The van der Waals surface area contributed by atoms with Gasteiger partial charge in [-0.3, -0.25) is 9.10 Å². The number of amides is 1. The van der Waals surface area contributed by atoms with E-state index in [4.69, 9.17) is 0 Å². The highest BCUT2D eigenvalue weighted by atomic mass is 32.2. The van der Waals surface area contributed by atoms with E-state index in [9.17, 15) is 17.6 Å². The maximum atomic E-state index is 13.1. The Morgan fingerprint density at radius 2 is 1.64 bits per heavy atom. The van der Waals surface area contributed by atoms with Crippen LogP contribution < -0.4 is 9.62 Å². The van der Waals surface area contributed by atoms with Gasteiger partial charge in [0.05, 0.1) is 11.9 Å². The van der Waals surface area contributed by atoms with Gasteiger partial charge in [0.1, 0.15) is 11.9 Å². The number of hydrogen-bond acceptors (Lipinski definition) is 3. The van der Waals surface area contributed by atoms with Gasteiger partial charge in [-0.1, -0.05) is 20.8 Å². The molecular formula is C18H29FN2O3S. The Labute approximate surface area is 150 Å². The lowest BCUT2D eigenvalue weighted by Crippen LogP contribution is -2.54. The van der Waals surface area contributed by atoms with Crippen molar-refractivity contribution in [3.63, 3.8) is 0 Å². The summed E-state index contributed by atoms with van der Waals surface area (Å²) < 4.78 is 38.6. The number of benzene rings is 1. The standard InChI is InChI=1S/C18H29FN2O3S/c1-13(16(22)20-18(5,6)12-17(2,3)4)21(25(7,23)24)15-10-8-14(19)9-11-15/h8-11,13H,12H2,1-7H3,(H,20,22)/t13-/m0/s1. The van der Waals surface area contributed by atoms with E-state index >= 15 is 0 Å². The Hall–Kier alpha value is -1.63. The van der Waals surface area contributed by atoms with E-state index in [0.29, 0.717) is 0 Å². The minimum absolute atomic E-state index is 0.00744. The average Bonchev–Trinajstić information content (AvgIpc) is 2.36. The van der Waals surface area contributed by atoms with Gasteiger partial charge in [-0.05, 0) is 56.9 Å². The maximum absolute atomic E-state index is 13.1. The molecule has 0 spiro atoms.